The fourth-order valence-electron chi connectivity index (χ4n) is 2.49. The van der Waals surface area contributed by atoms with E-state index >= 15 is 0 Å². The van der Waals surface area contributed by atoms with Gasteiger partial charge >= 0.3 is 0 Å². The van der Waals surface area contributed by atoms with Crippen LogP contribution >= 0.6 is 0 Å². The van der Waals surface area contributed by atoms with Crippen LogP contribution in [0, 0.1) is 0 Å². The summed E-state index contributed by atoms with van der Waals surface area (Å²) in [6.07, 6.45) is 10.0. The van der Waals surface area contributed by atoms with E-state index in [9.17, 15) is 4.79 Å². The van der Waals surface area contributed by atoms with Crippen molar-refractivity contribution in [3.63, 3.8) is 0 Å². The van der Waals surface area contributed by atoms with Gasteiger partial charge in [0.2, 0.25) is 0 Å². The average molecular weight is 330 g/mol. The van der Waals surface area contributed by atoms with E-state index in [0.29, 0.717) is 17.9 Å². The molecule has 4 heterocycles. The second-order valence-corrected chi connectivity index (χ2v) is 5.42. The minimum atomic E-state index is -0.229. The van der Waals surface area contributed by atoms with Crippen LogP contribution in [-0.4, -0.2) is 30.5 Å². The van der Waals surface area contributed by atoms with Crippen LogP contribution in [0.1, 0.15) is 15.9 Å². The molecule has 0 atom stereocenters. The molecule has 4 rings (SSSR count). The zero-order chi connectivity index (χ0) is 17.1. The Morgan fingerprint density at radius 3 is 2.72 bits per heavy atom. The molecule has 4 aromatic heterocycles. The topological polar surface area (TPSA) is 85.1 Å². The first-order valence-corrected chi connectivity index (χ1v) is 7.73. The van der Waals surface area contributed by atoms with Gasteiger partial charge in [-0.05, 0) is 24.3 Å². The Morgan fingerprint density at radius 2 is 1.92 bits per heavy atom. The lowest BCUT2D eigenvalue weighted by Crippen LogP contribution is -2.23. The minimum Gasteiger partial charge on any atom is -0.348 e. The molecule has 0 aliphatic heterocycles. The summed E-state index contributed by atoms with van der Waals surface area (Å²) in [4.78, 5) is 24.8. The summed E-state index contributed by atoms with van der Waals surface area (Å²) in [5, 5.41) is 7.12. The average Bonchev–Trinajstić information content (AvgIpc) is 3.10. The number of carbonyl (C=O) groups is 1. The van der Waals surface area contributed by atoms with Gasteiger partial charge in [0.05, 0.1) is 17.3 Å². The van der Waals surface area contributed by atoms with Gasteiger partial charge in [-0.25, -0.2) is 14.5 Å². The molecule has 7 heteroatoms. The van der Waals surface area contributed by atoms with Crippen LogP contribution in [0.3, 0.4) is 0 Å². The van der Waals surface area contributed by atoms with Crippen LogP contribution < -0.4 is 5.32 Å². The molecule has 122 valence electrons. The first-order valence-electron chi connectivity index (χ1n) is 7.73. The van der Waals surface area contributed by atoms with E-state index in [1.807, 2.05) is 36.5 Å². The summed E-state index contributed by atoms with van der Waals surface area (Å²) >= 11 is 0. The molecule has 0 spiro atoms. The SMILES string of the molecule is O=C(NCc1cnn2ccccc12)c1cnc(-c2cccnc2)nc1. The molecule has 4 aromatic rings. The summed E-state index contributed by atoms with van der Waals surface area (Å²) in [7, 11) is 0. The predicted molar refractivity (Wildman–Crippen MR) is 91.6 cm³/mol. The van der Waals surface area contributed by atoms with Crippen molar-refractivity contribution in [3.05, 3.63) is 78.6 Å². The molecular weight excluding hydrogens is 316 g/mol. The van der Waals surface area contributed by atoms with Gasteiger partial charge in [0.25, 0.3) is 5.91 Å². The first-order chi connectivity index (χ1) is 12.3. The Kier molecular flexibility index (Phi) is 3.88. The molecule has 0 aliphatic rings. The number of fused-ring (bicyclic) bond motifs is 1. The molecular formula is C18H14N6O. The quantitative estimate of drug-likeness (QED) is 0.619. The molecule has 0 aliphatic carbocycles. The number of aromatic nitrogens is 5. The Bertz CT molecular complexity index is 1010. The van der Waals surface area contributed by atoms with Crippen molar-refractivity contribution < 1.29 is 4.79 Å². The Hall–Kier alpha value is -3.61. The van der Waals surface area contributed by atoms with Crippen LogP contribution in [0.4, 0.5) is 0 Å². The third kappa shape index (κ3) is 3.07. The molecule has 0 saturated carbocycles. The van der Waals surface area contributed by atoms with Crippen LogP contribution in [0.15, 0.2) is 67.5 Å². The fraction of sp³-hybridized carbons (Fsp3) is 0.0556. The highest BCUT2D eigenvalue weighted by Gasteiger charge is 2.10. The molecule has 0 aromatic carbocycles. The number of pyridine rings is 2. The van der Waals surface area contributed by atoms with Crippen LogP contribution in [0.2, 0.25) is 0 Å². The van der Waals surface area contributed by atoms with Crippen molar-refractivity contribution in [1.29, 1.82) is 0 Å². The molecule has 0 unspecified atom stereocenters. The second-order valence-electron chi connectivity index (χ2n) is 5.42. The lowest BCUT2D eigenvalue weighted by molar-refractivity contribution is 0.0950. The van der Waals surface area contributed by atoms with E-state index in [-0.39, 0.29) is 5.91 Å². The molecule has 0 radical (unpaired) electrons. The third-order valence-corrected chi connectivity index (χ3v) is 3.78. The van der Waals surface area contributed by atoms with Crippen molar-refractivity contribution in [3.8, 4) is 11.4 Å². The third-order valence-electron chi connectivity index (χ3n) is 3.78. The van der Waals surface area contributed by atoms with Crippen molar-refractivity contribution in [2.24, 2.45) is 0 Å². The van der Waals surface area contributed by atoms with Crippen LogP contribution in [-0.2, 0) is 6.54 Å². The van der Waals surface area contributed by atoms with Gasteiger partial charge in [-0.3, -0.25) is 9.78 Å². The highest BCUT2D eigenvalue weighted by Crippen LogP contribution is 2.12. The number of carbonyl (C=O) groups excluding carboxylic acids is 1. The fourth-order valence-corrected chi connectivity index (χ4v) is 2.49. The van der Waals surface area contributed by atoms with E-state index in [1.165, 1.54) is 12.4 Å². The molecule has 0 fully saturated rings. The summed E-state index contributed by atoms with van der Waals surface area (Å²) in [5.41, 5.74) is 3.12. The van der Waals surface area contributed by atoms with Crippen LogP contribution in [0.25, 0.3) is 16.9 Å². The molecule has 1 N–H and O–H groups in total. The zero-order valence-corrected chi connectivity index (χ0v) is 13.2. The summed E-state index contributed by atoms with van der Waals surface area (Å²) in [6, 6.07) is 9.49. The van der Waals surface area contributed by atoms with Gasteiger partial charge in [0, 0.05) is 48.7 Å². The van der Waals surface area contributed by atoms with Gasteiger partial charge in [0.15, 0.2) is 5.82 Å². The van der Waals surface area contributed by atoms with Crippen molar-refractivity contribution in [2.75, 3.05) is 0 Å². The molecule has 7 nitrogen and oxygen atoms in total. The summed E-state index contributed by atoms with van der Waals surface area (Å²) < 4.78 is 1.77. The number of amides is 1. The minimum absolute atomic E-state index is 0.229. The van der Waals surface area contributed by atoms with Gasteiger partial charge in [-0.1, -0.05) is 6.07 Å². The number of hydrogen-bond donors (Lipinski definition) is 1. The monoisotopic (exact) mass is 330 g/mol. The lowest BCUT2D eigenvalue weighted by atomic mass is 10.2. The van der Waals surface area contributed by atoms with E-state index in [2.05, 4.69) is 25.4 Å². The Morgan fingerprint density at radius 1 is 1.04 bits per heavy atom. The van der Waals surface area contributed by atoms with E-state index in [1.54, 1.807) is 23.1 Å². The van der Waals surface area contributed by atoms with Crippen molar-refractivity contribution in [1.82, 2.24) is 29.9 Å². The predicted octanol–water partition coefficient (Wildman–Crippen LogP) is 2.12. The second kappa shape index (κ2) is 6.48. The smallest absolute Gasteiger partial charge is 0.254 e. The standard InChI is InChI=1S/C18H14N6O/c25-18(22-9-14-12-23-24-7-2-1-5-16(14)24)15-10-20-17(21-11-15)13-4-3-6-19-8-13/h1-8,10-12H,9H2,(H,22,25). The lowest BCUT2D eigenvalue weighted by Gasteiger charge is -2.05. The highest BCUT2D eigenvalue weighted by atomic mass is 16.1. The normalized spacial score (nSPS) is 10.7. The Balaban J connectivity index is 1.46. The van der Waals surface area contributed by atoms with Crippen molar-refractivity contribution in [2.45, 2.75) is 6.54 Å². The molecule has 25 heavy (non-hydrogen) atoms. The molecule has 1 amide bonds. The maximum absolute atomic E-state index is 12.3. The number of nitrogens with zero attached hydrogens (tertiary/aromatic N) is 5. The maximum Gasteiger partial charge on any atom is 0.254 e. The highest BCUT2D eigenvalue weighted by molar-refractivity contribution is 5.93. The number of rotatable bonds is 4. The van der Waals surface area contributed by atoms with Crippen molar-refractivity contribution >= 4 is 11.4 Å². The summed E-state index contributed by atoms with van der Waals surface area (Å²) in [6.45, 7) is 0.386. The van der Waals surface area contributed by atoms with Gasteiger partial charge < -0.3 is 5.32 Å². The number of hydrogen-bond acceptors (Lipinski definition) is 5. The molecule has 0 bridgehead atoms. The van der Waals surface area contributed by atoms with Gasteiger partial charge in [-0.2, -0.15) is 5.10 Å². The molecule has 0 saturated heterocycles. The van der Waals surface area contributed by atoms with E-state index in [4.69, 9.17) is 0 Å². The van der Waals surface area contributed by atoms with E-state index in [0.717, 1.165) is 16.6 Å². The van der Waals surface area contributed by atoms with Gasteiger partial charge in [-0.15, -0.1) is 0 Å². The Labute approximate surface area is 143 Å². The number of nitrogens with one attached hydrogen (secondary N) is 1. The summed E-state index contributed by atoms with van der Waals surface area (Å²) in [5.74, 6) is 0.306. The maximum atomic E-state index is 12.3. The van der Waals surface area contributed by atoms with Gasteiger partial charge in [0.1, 0.15) is 0 Å². The van der Waals surface area contributed by atoms with E-state index < -0.39 is 0 Å². The largest absolute Gasteiger partial charge is 0.348 e. The van der Waals surface area contributed by atoms with Crippen LogP contribution in [0.5, 0.6) is 0 Å². The zero-order valence-electron chi connectivity index (χ0n) is 13.2. The first kappa shape index (κ1) is 14.9.